The molecule has 1 rings (SSSR count). The van der Waals surface area contributed by atoms with Crippen LogP contribution in [0.15, 0.2) is 4.42 Å². The summed E-state index contributed by atoms with van der Waals surface area (Å²) in [6.45, 7) is 3.76. The van der Waals surface area contributed by atoms with Crippen LogP contribution in [0.25, 0.3) is 0 Å². The molecule has 0 amide bonds. The average molecular weight is 197 g/mol. The maximum Gasteiger partial charge on any atom is 0.358 e. The molecule has 14 heavy (non-hydrogen) atoms. The molecule has 0 atom stereocenters. The second-order valence-corrected chi connectivity index (χ2v) is 3.27. The van der Waals surface area contributed by atoms with Gasteiger partial charge in [-0.1, -0.05) is 19.8 Å². The lowest BCUT2D eigenvalue weighted by Gasteiger charge is -1.96. The van der Waals surface area contributed by atoms with Gasteiger partial charge in [0.1, 0.15) is 5.76 Å². The summed E-state index contributed by atoms with van der Waals surface area (Å²) in [4.78, 5) is 14.6. The second kappa shape index (κ2) is 4.79. The van der Waals surface area contributed by atoms with Crippen LogP contribution in [0.5, 0.6) is 0 Å². The Balaban J connectivity index is 2.69. The van der Waals surface area contributed by atoms with E-state index in [-0.39, 0.29) is 5.69 Å². The van der Waals surface area contributed by atoms with Gasteiger partial charge in [-0.15, -0.1) is 0 Å². The lowest BCUT2D eigenvalue weighted by molar-refractivity contribution is 0.0688. The fourth-order valence-corrected chi connectivity index (χ4v) is 1.34. The third kappa shape index (κ3) is 2.58. The number of hydrogen-bond donors (Lipinski definition) is 1. The molecule has 4 heteroatoms. The minimum atomic E-state index is -1.01. The van der Waals surface area contributed by atoms with E-state index in [1.165, 1.54) is 0 Å². The number of carboxylic acids is 1. The normalized spacial score (nSPS) is 10.4. The molecule has 0 unspecified atom stereocenters. The number of carboxylic acid groups (broad SMARTS) is 1. The van der Waals surface area contributed by atoms with Gasteiger partial charge in [0.05, 0.1) is 0 Å². The first-order chi connectivity index (χ1) is 6.65. The van der Waals surface area contributed by atoms with E-state index in [4.69, 9.17) is 9.52 Å². The minimum absolute atomic E-state index is 0.0682. The molecule has 1 N–H and O–H groups in total. The van der Waals surface area contributed by atoms with Crippen molar-refractivity contribution in [1.82, 2.24) is 4.98 Å². The maximum atomic E-state index is 10.7. The highest BCUT2D eigenvalue weighted by atomic mass is 16.4. The van der Waals surface area contributed by atoms with Crippen LogP contribution < -0.4 is 0 Å². The second-order valence-electron chi connectivity index (χ2n) is 3.27. The average Bonchev–Trinajstić information content (AvgIpc) is 2.47. The molecular formula is C10H15NO3. The SMILES string of the molecule is CCCCCc1oc(C)nc1C(=O)O. The van der Waals surface area contributed by atoms with E-state index < -0.39 is 5.97 Å². The Hall–Kier alpha value is -1.32. The third-order valence-corrected chi connectivity index (χ3v) is 2.01. The number of aryl methyl sites for hydroxylation is 2. The Bertz CT molecular complexity index is 317. The van der Waals surface area contributed by atoms with Crippen LogP contribution in [0.4, 0.5) is 0 Å². The number of unbranched alkanes of at least 4 members (excludes halogenated alkanes) is 2. The standard InChI is InChI=1S/C10H15NO3/c1-3-4-5-6-8-9(10(12)13)11-7(2)14-8/h3-6H2,1-2H3,(H,12,13). The van der Waals surface area contributed by atoms with Crippen LogP contribution in [0.3, 0.4) is 0 Å². The van der Waals surface area contributed by atoms with Crippen LogP contribution in [-0.2, 0) is 6.42 Å². The number of hydrogen-bond acceptors (Lipinski definition) is 3. The maximum absolute atomic E-state index is 10.7. The summed E-state index contributed by atoms with van der Waals surface area (Å²) >= 11 is 0. The molecule has 0 saturated heterocycles. The molecular weight excluding hydrogens is 182 g/mol. The number of aromatic carboxylic acids is 1. The van der Waals surface area contributed by atoms with Crippen LogP contribution in [0.1, 0.15) is 48.3 Å². The van der Waals surface area contributed by atoms with Gasteiger partial charge in [0.2, 0.25) is 0 Å². The number of rotatable bonds is 5. The Morgan fingerprint density at radius 3 is 2.79 bits per heavy atom. The van der Waals surface area contributed by atoms with Crippen molar-refractivity contribution in [3.8, 4) is 0 Å². The lowest BCUT2D eigenvalue weighted by Crippen LogP contribution is -2.01. The zero-order valence-electron chi connectivity index (χ0n) is 8.54. The van der Waals surface area contributed by atoms with E-state index in [1.807, 2.05) is 0 Å². The third-order valence-electron chi connectivity index (χ3n) is 2.01. The van der Waals surface area contributed by atoms with Gasteiger partial charge in [0.25, 0.3) is 0 Å². The Labute approximate surface area is 83.0 Å². The van der Waals surface area contributed by atoms with Crippen molar-refractivity contribution in [3.63, 3.8) is 0 Å². The largest absolute Gasteiger partial charge is 0.476 e. The zero-order chi connectivity index (χ0) is 10.6. The van der Waals surface area contributed by atoms with Crippen LogP contribution in [0.2, 0.25) is 0 Å². The highest BCUT2D eigenvalue weighted by molar-refractivity contribution is 5.86. The van der Waals surface area contributed by atoms with Crippen molar-refractivity contribution < 1.29 is 14.3 Å². The smallest absolute Gasteiger partial charge is 0.358 e. The molecule has 0 radical (unpaired) electrons. The van der Waals surface area contributed by atoms with Crippen molar-refractivity contribution >= 4 is 5.97 Å². The molecule has 0 aliphatic heterocycles. The molecule has 0 aliphatic carbocycles. The van der Waals surface area contributed by atoms with Crippen molar-refractivity contribution in [2.75, 3.05) is 0 Å². The van der Waals surface area contributed by atoms with Crippen LogP contribution in [0, 0.1) is 6.92 Å². The van der Waals surface area contributed by atoms with Gasteiger partial charge in [-0.05, 0) is 6.42 Å². The molecule has 1 aromatic heterocycles. The van der Waals surface area contributed by atoms with E-state index >= 15 is 0 Å². The highest BCUT2D eigenvalue weighted by Gasteiger charge is 2.16. The predicted octanol–water partition coefficient (Wildman–Crippen LogP) is 2.41. The van der Waals surface area contributed by atoms with E-state index in [9.17, 15) is 4.79 Å². The summed E-state index contributed by atoms with van der Waals surface area (Å²) in [5.41, 5.74) is 0.0682. The van der Waals surface area contributed by atoms with E-state index in [2.05, 4.69) is 11.9 Å². The van der Waals surface area contributed by atoms with Crippen molar-refractivity contribution in [1.29, 1.82) is 0 Å². The topological polar surface area (TPSA) is 63.3 Å². The number of nitrogens with zero attached hydrogens (tertiary/aromatic N) is 1. The van der Waals surface area contributed by atoms with Crippen molar-refractivity contribution in [3.05, 3.63) is 17.3 Å². The van der Waals surface area contributed by atoms with Gasteiger partial charge in [0.15, 0.2) is 11.6 Å². The molecule has 0 saturated carbocycles. The number of aromatic nitrogens is 1. The molecule has 0 aliphatic rings. The Morgan fingerprint density at radius 1 is 1.50 bits per heavy atom. The molecule has 0 fully saturated rings. The van der Waals surface area contributed by atoms with E-state index in [1.54, 1.807) is 6.92 Å². The van der Waals surface area contributed by atoms with Crippen LogP contribution in [-0.4, -0.2) is 16.1 Å². The Morgan fingerprint density at radius 2 is 2.21 bits per heavy atom. The highest BCUT2D eigenvalue weighted by Crippen LogP contribution is 2.14. The fourth-order valence-electron chi connectivity index (χ4n) is 1.34. The van der Waals surface area contributed by atoms with Crippen LogP contribution >= 0.6 is 0 Å². The quantitative estimate of drug-likeness (QED) is 0.736. The van der Waals surface area contributed by atoms with Gasteiger partial charge < -0.3 is 9.52 Å². The van der Waals surface area contributed by atoms with Gasteiger partial charge >= 0.3 is 5.97 Å². The monoisotopic (exact) mass is 197 g/mol. The lowest BCUT2D eigenvalue weighted by atomic mass is 10.1. The molecule has 0 spiro atoms. The van der Waals surface area contributed by atoms with Gasteiger partial charge in [-0.2, -0.15) is 0 Å². The molecule has 0 aromatic carbocycles. The first-order valence-corrected chi connectivity index (χ1v) is 4.84. The van der Waals surface area contributed by atoms with Gasteiger partial charge in [-0.3, -0.25) is 0 Å². The zero-order valence-corrected chi connectivity index (χ0v) is 8.54. The Kier molecular flexibility index (Phi) is 3.68. The summed E-state index contributed by atoms with van der Waals surface area (Å²) in [6, 6.07) is 0. The van der Waals surface area contributed by atoms with Gasteiger partial charge in [-0.25, -0.2) is 9.78 Å². The van der Waals surface area contributed by atoms with Gasteiger partial charge in [0, 0.05) is 13.3 Å². The summed E-state index contributed by atoms with van der Waals surface area (Å²) in [7, 11) is 0. The molecule has 4 nitrogen and oxygen atoms in total. The van der Waals surface area contributed by atoms with E-state index in [0.717, 1.165) is 19.3 Å². The molecule has 1 aromatic rings. The van der Waals surface area contributed by atoms with Crippen molar-refractivity contribution in [2.24, 2.45) is 0 Å². The fraction of sp³-hybridized carbons (Fsp3) is 0.600. The molecule has 1 heterocycles. The number of carbonyl (C=O) groups is 1. The minimum Gasteiger partial charge on any atom is -0.476 e. The predicted molar refractivity (Wildman–Crippen MR) is 51.4 cm³/mol. The first-order valence-electron chi connectivity index (χ1n) is 4.84. The molecule has 0 bridgehead atoms. The summed E-state index contributed by atoms with van der Waals surface area (Å²) in [5, 5.41) is 8.81. The molecule has 78 valence electrons. The summed E-state index contributed by atoms with van der Waals surface area (Å²) in [5.74, 6) is -0.0781. The summed E-state index contributed by atoms with van der Waals surface area (Å²) in [6.07, 6.45) is 3.80. The van der Waals surface area contributed by atoms with E-state index in [0.29, 0.717) is 18.1 Å². The van der Waals surface area contributed by atoms with Crippen molar-refractivity contribution in [2.45, 2.75) is 39.5 Å². The first kappa shape index (κ1) is 10.8. The summed E-state index contributed by atoms with van der Waals surface area (Å²) < 4.78 is 5.23. The number of oxazole rings is 1.